The lowest BCUT2D eigenvalue weighted by Crippen LogP contribution is -2.26. The summed E-state index contributed by atoms with van der Waals surface area (Å²) < 4.78 is 5.12. The molecule has 0 aromatic heterocycles. The number of anilines is 1. The van der Waals surface area contributed by atoms with Crippen LogP contribution in [0.5, 0.6) is 0 Å². The molecule has 2 amide bonds. The van der Waals surface area contributed by atoms with E-state index in [1.54, 1.807) is 12.1 Å². The minimum Gasteiger partial charge on any atom is -0.455 e. The predicted octanol–water partition coefficient (Wildman–Crippen LogP) is 1.48. The summed E-state index contributed by atoms with van der Waals surface area (Å²) in [5.74, 6) is -0.624. The van der Waals surface area contributed by atoms with Crippen molar-refractivity contribution in [3.63, 3.8) is 0 Å². The number of primary amides is 1. The van der Waals surface area contributed by atoms with Crippen LogP contribution in [0.25, 0.3) is 0 Å². The molecule has 6 nitrogen and oxygen atoms in total. The molecule has 0 aliphatic heterocycles. The van der Waals surface area contributed by atoms with Crippen LogP contribution in [0.2, 0.25) is 0 Å². The third kappa shape index (κ3) is 3.41. The first-order valence-corrected chi connectivity index (χ1v) is 7.57. The van der Waals surface area contributed by atoms with Crippen molar-refractivity contribution >= 4 is 23.5 Å². The van der Waals surface area contributed by atoms with Crippen LogP contribution >= 0.6 is 0 Å². The van der Waals surface area contributed by atoms with E-state index < -0.39 is 11.8 Å². The average Bonchev–Trinajstić information content (AvgIpc) is 3.16. The van der Waals surface area contributed by atoms with Gasteiger partial charge in [-0.1, -0.05) is 12.2 Å². The van der Waals surface area contributed by atoms with Gasteiger partial charge in [0.25, 0.3) is 5.91 Å². The second kappa shape index (κ2) is 6.24. The van der Waals surface area contributed by atoms with Gasteiger partial charge in [0.05, 0.1) is 5.92 Å². The number of esters is 1. The SMILES string of the molecule is NC(=O)c1ccc(NC(=O)COC(=O)[C@H]2C[C@H]3C=C[C@H]2C3)cc1. The standard InChI is InChI=1S/C17H18N2O4/c18-16(21)11-3-5-13(6-4-11)19-15(20)9-23-17(22)14-8-10-1-2-12(14)7-10/h1-6,10,12,14H,7-9H2,(H2,18,21)(H,19,20)/t10-,12-,14-/m0/s1. The molecule has 2 aliphatic rings. The third-order valence-electron chi connectivity index (χ3n) is 4.38. The summed E-state index contributed by atoms with van der Waals surface area (Å²) in [6.45, 7) is -0.312. The van der Waals surface area contributed by atoms with Gasteiger partial charge in [-0.3, -0.25) is 14.4 Å². The molecular formula is C17H18N2O4. The highest BCUT2D eigenvalue weighted by atomic mass is 16.5. The zero-order valence-electron chi connectivity index (χ0n) is 12.5. The molecule has 0 radical (unpaired) electrons. The molecule has 0 unspecified atom stereocenters. The Morgan fingerprint density at radius 1 is 1.13 bits per heavy atom. The molecule has 23 heavy (non-hydrogen) atoms. The lowest BCUT2D eigenvalue weighted by atomic mass is 9.94. The summed E-state index contributed by atoms with van der Waals surface area (Å²) in [7, 11) is 0. The van der Waals surface area contributed by atoms with Gasteiger partial charge in [0.2, 0.25) is 5.91 Å². The fraction of sp³-hybridized carbons (Fsp3) is 0.353. The van der Waals surface area contributed by atoms with Crippen molar-refractivity contribution < 1.29 is 19.1 Å². The van der Waals surface area contributed by atoms with E-state index in [9.17, 15) is 14.4 Å². The van der Waals surface area contributed by atoms with Gasteiger partial charge >= 0.3 is 5.97 Å². The lowest BCUT2D eigenvalue weighted by Gasteiger charge is -2.16. The summed E-state index contributed by atoms with van der Waals surface area (Å²) >= 11 is 0. The second-order valence-corrected chi connectivity index (χ2v) is 5.98. The maximum atomic E-state index is 12.0. The number of ether oxygens (including phenoxy) is 1. The largest absolute Gasteiger partial charge is 0.455 e. The molecular weight excluding hydrogens is 296 g/mol. The highest BCUT2D eigenvalue weighted by Crippen LogP contribution is 2.43. The molecule has 1 fully saturated rings. The number of carbonyl (C=O) groups excluding carboxylic acids is 3. The Balaban J connectivity index is 1.47. The highest BCUT2D eigenvalue weighted by molar-refractivity contribution is 5.95. The number of rotatable bonds is 5. The Kier molecular flexibility index (Phi) is 4.14. The van der Waals surface area contributed by atoms with E-state index in [2.05, 4.69) is 17.5 Å². The summed E-state index contributed by atoms with van der Waals surface area (Å²) in [4.78, 5) is 34.8. The van der Waals surface area contributed by atoms with Crippen LogP contribution in [0, 0.1) is 17.8 Å². The first-order chi connectivity index (χ1) is 11.0. The number of carbonyl (C=O) groups is 3. The smallest absolute Gasteiger partial charge is 0.310 e. The minimum absolute atomic E-state index is 0.118. The van der Waals surface area contributed by atoms with Crippen LogP contribution < -0.4 is 11.1 Å². The van der Waals surface area contributed by atoms with E-state index >= 15 is 0 Å². The maximum absolute atomic E-state index is 12.0. The van der Waals surface area contributed by atoms with Crippen molar-refractivity contribution in [1.29, 1.82) is 0 Å². The number of nitrogens with two attached hydrogens (primary N) is 1. The number of hydrogen-bond donors (Lipinski definition) is 2. The van der Waals surface area contributed by atoms with Crippen molar-refractivity contribution in [2.75, 3.05) is 11.9 Å². The monoisotopic (exact) mass is 314 g/mol. The summed E-state index contributed by atoms with van der Waals surface area (Å²) in [6.07, 6.45) is 6.05. The number of hydrogen-bond acceptors (Lipinski definition) is 4. The first kappa shape index (κ1) is 15.3. The van der Waals surface area contributed by atoms with Crippen LogP contribution in [-0.4, -0.2) is 24.4 Å². The zero-order chi connectivity index (χ0) is 16.4. The topological polar surface area (TPSA) is 98.5 Å². The lowest BCUT2D eigenvalue weighted by molar-refractivity contribution is -0.152. The molecule has 3 atom stereocenters. The number of allylic oxidation sites excluding steroid dienone is 2. The first-order valence-electron chi connectivity index (χ1n) is 7.57. The predicted molar refractivity (Wildman–Crippen MR) is 83.4 cm³/mol. The summed E-state index contributed by atoms with van der Waals surface area (Å²) in [6, 6.07) is 6.18. The van der Waals surface area contributed by atoms with E-state index in [4.69, 9.17) is 10.5 Å². The van der Waals surface area contributed by atoms with Gasteiger partial charge in [0, 0.05) is 11.3 Å². The van der Waals surface area contributed by atoms with Crippen LogP contribution in [0.15, 0.2) is 36.4 Å². The Hall–Kier alpha value is -2.63. The zero-order valence-corrected chi connectivity index (χ0v) is 12.5. The molecule has 3 rings (SSSR count). The van der Waals surface area contributed by atoms with E-state index in [0.29, 0.717) is 17.2 Å². The highest BCUT2D eigenvalue weighted by Gasteiger charge is 2.40. The molecule has 0 saturated heterocycles. The fourth-order valence-electron chi connectivity index (χ4n) is 3.21. The minimum atomic E-state index is -0.531. The van der Waals surface area contributed by atoms with Crippen LogP contribution in [0.4, 0.5) is 5.69 Å². The fourth-order valence-corrected chi connectivity index (χ4v) is 3.21. The van der Waals surface area contributed by atoms with Gasteiger partial charge < -0.3 is 15.8 Å². The number of fused-ring (bicyclic) bond motifs is 2. The van der Waals surface area contributed by atoms with Crippen molar-refractivity contribution in [3.05, 3.63) is 42.0 Å². The Labute approximate surface area is 133 Å². The van der Waals surface area contributed by atoms with Gasteiger partial charge in [0.15, 0.2) is 6.61 Å². The Bertz CT molecular complexity index is 666. The molecule has 1 saturated carbocycles. The van der Waals surface area contributed by atoms with Crippen LogP contribution in [0.3, 0.4) is 0 Å². The molecule has 2 bridgehead atoms. The van der Waals surface area contributed by atoms with Crippen LogP contribution in [0.1, 0.15) is 23.2 Å². The van der Waals surface area contributed by atoms with Gasteiger partial charge in [-0.2, -0.15) is 0 Å². The van der Waals surface area contributed by atoms with Gasteiger partial charge in [-0.15, -0.1) is 0 Å². The molecule has 1 aromatic carbocycles. The van der Waals surface area contributed by atoms with E-state index in [0.717, 1.165) is 12.8 Å². The number of nitrogens with one attached hydrogen (secondary N) is 1. The second-order valence-electron chi connectivity index (χ2n) is 5.98. The van der Waals surface area contributed by atoms with Crippen molar-refractivity contribution in [3.8, 4) is 0 Å². The number of amides is 2. The van der Waals surface area contributed by atoms with Gasteiger partial charge in [-0.05, 0) is 48.9 Å². The van der Waals surface area contributed by atoms with Crippen molar-refractivity contribution in [1.82, 2.24) is 0 Å². The third-order valence-corrected chi connectivity index (χ3v) is 4.38. The quantitative estimate of drug-likeness (QED) is 0.635. The van der Waals surface area contributed by atoms with Crippen LogP contribution in [-0.2, 0) is 14.3 Å². The van der Waals surface area contributed by atoms with E-state index in [1.807, 2.05) is 0 Å². The molecule has 6 heteroatoms. The van der Waals surface area contributed by atoms with E-state index in [-0.39, 0.29) is 24.4 Å². The summed E-state index contributed by atoms with van der Waals surface area (Å²) in [5, 5.41) is 2.61. The Morgan fingerprint density at radius 2 is 1.87 bits per heavy atom. The molecule has 0 spiro atoms. The summed E-state index contributed by atoms with van der Waals surface area (Å²) in [5.41, 5.74) is 6.02. The molecule has 2 aliphatic carbocycles. The Morgan fingerprint density at radius 3 is 2.43 bits per heavy atom. The van der Waals surface area contributed by atoms with Crippen molar-refractivity contribution in [2.45, 2.75) is 12.8 Å². The van der Waals surface area contributed by atoms with Crippen molar-refractivity contribution in [2.24, 2.45) is 23.5 Å². The van der Waals surface area contributed by atoms with E-state index in [1.165, 1.54) is 12.1 Å². The van der Waals surface area contributed by atoms with Gasteiger partial charge in [0.1, 0.15) is 0 Å². The molecule has 3 N–H and O–H groups in total. The molecule has 120 valence electrons. The maximum Gasteiger partial charge on any atom is 0.310 e. The molecule has 1 aromatic rings. The molecule has 0 heterocycles. The van der Waals surface area contributed by atoms with Gasteiger partial charge in [-0.25, -0.2) is 0 Å². The average molecular weight is 314 g/mol. The number of benzene rings is 1. The normalized spacial score (nSPS) is 24.4.